The minimum Gasteiger partial charge on any atom is -0.481 e. The maximum atomic E-state index is 13.2. The van der Waals surface area contributed by atoms with Crippen molar-refractivity contribution in [3.05, 3.63) is 0 Å². The van der Waals surface area contributed by atoms with Crippen molar-refractivity contribution in [2.24, 2.45) is 11.8 Å². The summed E-state index contributed by atoms with van der Waals surface area (Å²) < 4.78 is 35.5. The lowest BCUT2D eigenvalue weighted by Crippen LogP contribution is -2.26. The molecule has 1 heterocycles. The van der Waals surface area contributed by atoms with E-state index in [0.717, 1.165) is 0 Å². The fourth-order valence-electron chi connectivity index (χ4n) is 2.07. The Morgan fingerprint density at radius 2 is 2.20 bits per heavy atom. The molecular formula is C9H15FO4S. The van der Waals surface area contributed by atoms with Crippen molar-refractivity contribution >= 4 is 15.8 Å². The smallest absolute Gasteiger partial charge is 0.303 e. The first-order chi connectivity index (χ1) is 6.82. The molecular weight excluding hydrogens is 223 g/mol. The Morgan fingerprint density at radius 1 is 1.60 bits per heavy atom. The van der Waals surface area contributed by atoms with Gasteiger partial charge in [-0.1, -0.05) is 0 Å². The lowest BCUT2D eigenvalue weighted by molar-refractivity contribution is -0.139. The van der Waals surface area contributed by atoms with Crippen LogP contribution in [0.15, 0.2) is 0 Å². The van der Waals surface area contributed by atoms with E-state index in [1.165, 1.54) is 6.92 Å². The summed E-state index contributed by atoms with van der Waals surface area (Å²) >= 11 is 0. The van der Waals surface area contributed by atoms with Crippen LogP contribution >= 0.6 is 0 Å². The third kappa shape index (κ3) is 3.44. The highest BCUT2D eigenvalue weighted by Crippen LogP contribution is 2.31. The summed E-state index contributed by atoms with van der Waals surface area (Å²) in [5.74, 6) is -2.11. The highest BCUT2D eigenvalue weighted by Gasteiger charge is 2.37. The van der Waals surface area contributed by atoms with Crippen molar-refractivity contribution in [2.45, 2.75) is 25.9 Å². The van der Waals surface area contributed by atoms with E-state index in [-0.39, 0.29) is 23.8 Å². The molecule has 15 heavy (non-hydrogen) atoms. The van der Waals surface area contributed by atoms with Crippen LogP contribution in [-0.4, -0.2) is 37.2 Å². The van der Waals surface area contributed by atoms with E-state index < -0.39 is 27.9 Å². The van der Waals surface area contributed by atoms with E-state index in [1.807, 2.05) is 0 Å². The highest BCUT2D eigenvalue weighted by molar-refractivity contribution is 7.91. The number of carbonyl (C=O) groups is 1. The van der Waals surface area contributed by atoms with Gasteiger partial charge in [0.25, 0.3) is 0 Å². The Labute approximate surface area is 88.4 Å². The topological polar surface area (TPSA) is 71.4 Å². The molecule has 1 aliphatic heterocycles. The lowest BCUT2D eigenvalue weighted by atomic mass is 9.86. The molecule has 4 nitrogen and oxygen atoms in total. The summed E-state index contributed by atoms with van der Waals surface area (Å²) in [5.41, 5.74) is 0. The molecule has 0 aromatic carbocycles. The van der Waals surface area contributed by atoms with Crippen LogP contribution in [0.2, 0.25) is 0 Å². The second-order valence-corrected chi connectivity index (χ2v) is 6.33. The molecule has 0 amide bonds. The van der Waals surface area contributed by atoms with E-state index in [0.29, 0.717) is 6.42 Å². The Balaban J connectivity index is 2.70. The summed E-state index contributed by atoms with van der Waals surface area (Å²) in [5, 5.41) is 8.61. The normalized spacial score (nSPS) is 28.5. The molecule has 3 atom stereocenters. The van der Waals surface area contributed by atoms with Crippen molar-refractivity contribution in [1.29, 1.82) is 0 Å². The van der Waals surface area contributed by atoms with Gasteiger partial charge in [-0.3, -0.25) is 4.79 Å². The van der Waals surface area contributed by atoms with E-state index in [4.69, 9.17) is 5.11 Å². The van der Waals surface area contributed by atoms with E-state index in [1.54, 1.807) is 0 Å². The van der Waals surface area contributed by atoms with Crippen LogP contribution in [0.3, 0.4) is 0 Å². The van der Waals surface area contributed by atoms with Crippen molar-refractivity contribution in [2.75, 3.05) is 11.5 Å². The van der Waals surface area contributed by atoms with E-state index >= 15 is 0 Å². The number of aliphatic carboxylic acids is 1. The van der Waals surface area contributed by atoms with E-state index in [2.05, 4.69) is 0 Å². The van der Waals surface area contributed by atoms with Crippen molar-refractivity contribution in [3.8, 4) is 0 Å². The SMILES string of the molecule is CC(F)C(CC(=O)O)C1CCS(=O)(=O)C1. The van der Waals surface area contributed by atoms with Gasteiger partial charge in [0.2, 0.25) is 0 Å². The molecule has 0 spiro atoms. The summed E-state index contributed by atoms with van der Waals surface area (Å²) in [7, 11) is -3.07. The van der Waals surface area contributed by atoms with Crippen LogP contribution in [0, 0.1) is 11.8 Å². The summed E-state index contributed by atoms with van der Waals surface area (Å²) in [6.45, 7) is 1.29. The first kappa shape index (κ1) is 12.4. The largest absolute Gasteiger partial charge is 0.481 e. The minimum absolute atomic E-state index is 0.0561. The van der Waals surface area contributed by atoms with E-state index in [9.17, 15) is 17.6 Å². The molecule has 1 aliphatic rings. The second-order valence-electron chi connectivity index (χ2n) is 4.10. The summed E-state index contributed by atoms with van der Waals surface area (Å²) in [6.07, 6.45) is -1.19. The number of hydrogen-bond acceptors (Lipinski definition) is 3. The molecule has 0 bridgehead atoms. The Kier molecular flexibility index (Phi) is 3.70. The molecule has 1 N–H and O–H groups in total. The maximum absolute atomic E-state index is 13.2. The fraction of sp³-hybridized carbons (Fsp3) is 0.889. The molecule has 1 rings (SSSR count). The number of carboxylic acids is 1. The molecule has 1 saturated heterocycles. The molecule has 0 radical (unpaired) electrons. The van der Waals surface area contributed by atoms with Gasteiger partial charge in [-0.15, -0.1) is 0 Å². The predicted octanol–water partition coefficient (Wildman–Crippen LogP) is 0.870. The van der Waals surface area contributed by atoms with Gasteiger partial charge in [-0.25, -0.2) is 12.8 Å². The zero-order chi connectivity index (χ0) is 11.6. The first-order valence-electron chi connectivity index (χ1n) is 4.88. The van der Waals surface area contributed by atoms with Gasteiger partial charge < -0.3 is 5.11 Å². The van der Waals surface area contributed by atoms with Crippen LogP contribution < -0.4 is 0 Å². The minimum atomic E-state index is -3.07. The number of halogens is 1. The van der Waals surface area contributed by atoms with Crippen LogP contribution in [0.4, 0.5) is 4.39 Å². The number of carboxylic acid groups (broad SMARTS) is 1. The average Bonchev–Trinajstić information content (AvgIpc) is 2.41. The highest BCUT2D eigenvalue weighted by atomic mass is 32.2. The summed E-state index contributed by atoms with van der Waals surface area (Å²) in [4.78, 5) is 10.5. The van der Waals surface area contributed by atoms with Gasteiger partial charge >= 0.3 is 5.97 Å². The van der Waals surface area contributed by atoms with Crippen LogP contribution in [0.5, 0.6) is 0 Å². The molecule has 88 valence electrons. The van der Waals surface area contributed by atoms with Crippen molar-refractivity contribution in [3.63, 3.8) is 0 Å². The standard InChI is InChI=1S/C9H15FO4S/c1-6(10)8(4-9(11)12)7-2-3-15(13,14)5-7/h6-8H,2-5H2,1H3,(H,11,12). The van der Waals surface area contributed by atoms with Gasteiger partial charge in [0.15, 0.2) is 9.84 Å². The Hall–Kier alpha value is -0.650. The molecule has 0 aromatic heterocycles. The molecule has 0 aromatic rings. The predicted molar refractivity (Wildman–Crippen MR) is 53.1 cm³/mol. The molecule has 1 fully saturated rings. The van der Waals surface area contributed by atoms with Crippen molar-refractivity contribution in [1.82, 2.24) is 0 Å². The number of hydrogen-bond donors (Lipinski definition) is 1. The third-order valence-corrected chi connectivity index (χ3v) is 4.67. The Morgan fingerprint density at radius 3 is 2.53 bits per heavy atom. The van der Waals surface area contributed by atoms with Crippen LogP contribution in [-0.2, 0) is 14.6 Å². The van der Waals surface area contributed by atoms with Crippen LogP contribution in [0.25, 0.3) is 0 Å². The third-order valence-electron chi connectivity index (χ3n) is 2.87. The van der Waals surface area contributed by atoms with Crippen molar-refractivity contribution < 1.29 is 22.7 Å². The Bertz CT molecular complexity index is 336. The van der Waals surface area contributed by atoms with Gasteiger partial charge in [0.05, 0.1) is 17.9 Å². The van der Waals surface area contributed by atoms with Gasteiger partial charge in [0, 0.05) is 5.92 Å². The van der Waals surface area contributed by atoms with Gasteiger partial charge in [0.1, 0.15) is 6.17 Å². The molecule has 3 unspecified atom stereocenters. The molecule has 6 heteroatoms. The average molecular weight is 238 g/mol. The lowest BCUT2D eigenvalue weighted by Gasteiger charge is -2.21. The molecule has 0 saturated carbocycles. The first-order valence-corrected chi connectivity index (χ1v) is 6.70. The van der Waals surface area contributed by atoms with Gasteiger partial charge in [-0.05, 0) is 19.3 Å². The van der Waals surface area contributed by atoms with Crippen LogP contribution in [0.1, 0.15) is 19.8 Å². The number of alkyl halides is 1. The summed E-state index contributed by atoms with van der Waals surface area (Å²) in [6, 6.07) is 0. The second kappa shape index (κ2) is 4.47. The number of sulfone groups is 1. The number of rotatable bonds is 4. The zero-order valence-electron chi connectivity index (χ0n) is 8.52. The van der Waals surface area contributed by atoms with Gasteiger partial charge in [-0.2, -0.15) is 0 Å². The quantitative estimate of drug-likeness (QED) is 0.788. The zero-order valence-corrected chi connectivity index (χ0v) is 9.34. The fourth-order valence-corrected chi connectivity index (χ4v) is 3.96. The molecule has 0 aliphatic carbocycles. The monoisotopic (exact) mass is 238 g/mol. The maximum Gasteiger partial charge on any atom is 0.303 e.